The predicted molar refractivity (Wildman–Crippen MR) is 50.0 cm³/mol. The van der Waals surface area contributed by atoms with Crippen LogP contribution in [0.3, 0.4) is 0 Å². The van der Waals surface area contributed by atoms with Crippen LogP contribution in [0.15, 0.2) is 11.6 Å². The Morgan fingerprint density at radius 1 is 1.64 bits per heavy atom. The summed E-state index contributed by atoms with van der Waals surface area (Å²) in [6, 6.07) is 0.0547. The zero-order valence-electron chi connectivity index (χ0n) is 7.43. The van der Waals surface area contributed by atoms with Crippen molar-refractivity contribution in [2.75, 3.05) is 0 Å². The third-order valence-electron chi connectivity index (χ3n) is 1.71. The van der Waals surface area contributed by atoms with E-state index in [0.717, 1.165) is 12.8 Å². The summed E-state index contributed by atoms with van der Waals surface area (Å²) in [5.74, 6) is 0. The first kappa shape index (κ1) is 10.4. The van der Waals surface area contributed by atoms with Gasteiger partial charge in [0.05, 0.1) is 0 Å². The number of nitrogens with one attached hydrogen (secondary N) is 1. The Hall–Kier alpha value is -0.630. The minimum absolute atomic E-state index is 0.0547. The van der Waals surface area contributed by atoms with Crippen LogP contribution in [0.5, 0.6) is 0 Å². The number of hydrogen-bond acceptors (Lipinski definition) is 2. The van der Waals surface area contributed by atoms with Gasteiger partial charge in [-0.2, -0.15) is 0 Å². The SMILES string of the molecule is CCC/C=C(/C)C(N)CC=N. The van der Waals surface area contributed by atoms with Crippen LogP contribution >= 0.6 is 0 Å². The molecule has 0 spiro atoms. The molecule has 0 rings (SSSR count). The molecule has 0 aliphatic rings. The van der Waals surface area contributed by atoms with Gasteiger partial charge in [0.2, 0.25) is 0 Å². The Labute approximate surface area is 69.0 Å². The van der Waals surface area contributed by atoms with E-state index in [2.05, 4.69) is 13.0 Å². The van der Waals surface area contributed by atoms with E-state index in [9.17, 15) is 0 Å². The first-order valence-electron chi connectivity index (χ1n) is 4.13. The number of rotatable bonds is 5. The van der Waals surface area contributed by atoms with Crippen LogP contribution in [-0.4, -0.2) is 12.3 Å². The second kappa shape index (κ2) is 6.10. The van der Waals surface area contributed by atoms with E-state index in [-0.39, 0.29) is 6.04 Å². The second-order valence-corrected chi connectivity index (χ2v) is 2.78. The van der Waals surface area contributed by atoms with Gasteiger partial charge in [0.25, 0.3) is 0 Å². The van der Waals surface area contributed by atoms with Crippen LogP contribution in [0, 0.1) is 5.41 Å². The predicted octanol–water partition coefficient (Wildman–Crippen LogP) is 2.10. The van der Waals surface area contributed by atoms with Crippen LogP contribution < -0.4 is 5.73 Å². The molecule has 0 amide bonds. The summed E-state index contributed by atoms with van der Waals surface area (Å²) in [6.07, 6.45) is 6.44. The molecule has 0 aliphatic carbocycles. The van der Waals surface area contributed by atoms with Crippen LogP contribution in [0.1, 0.15) is 33.1 Å². The molecule has 0 fully saturated rings. The Kier molecular flexibility index (Phi) is 5.75. The van der Waals surface area contributed by atoms with E-state index >= 15 is 0 Å². The Bertz CT molecular complexity index is 138. The van der Waals surface area contributed by atoms with Gasteiger partial charge in [0, 0.05) is 12.5 Å². The lowest BCUT2D eigenvalue weighted by Gasteiger charge is -2.08. The molecule has 0 aliphatic heterocycles. The smallest absolute Gasteiger partial charge is 0.0300 e. The highest BCUT2D eigenvalue weighted by Gasteiger charge is 2.00. The average Bonchev–Trinajstić information content (AvgIpc) is 2.00. The summed E-state index contributed by atoms with van der Waals surface area (Å²) in [7, 11) is 0. The number of nitrogens with two attached hydrogens (primary N) is 1. The summed E-state index contributed by atoms with van der Waals surface area (Å²) in [5, 5.41) is 6.87. The topological polar surface area (TPSA) is 49.9 Å². The summed E-state index contributed by atoms with van der Waals surface area (Å²) >= 11 is 0. The van der Waals surface area contributed by atoms with Crippen molar-refractivity contribution in [2.45, 2.75) is 39.2 Å². The van der Waals surface area contributed by atoms with Crippen molar-refractivity contribution in [3.63, 3.8) is 0 Å². The fourth-order valence-corrected chi connectivity index (χ4v) is 0.836. The van der Waals surface area contributed by atoms with E-state index < -0.39 is 0 Å². The molecule has 0 radical (unpaired) electrons. The molecule has 1 unspecified atom stereocenters. The lowest BCUT2D eigenvalue weighted by molar-refractivity contribution is 0.797. The van der Waals surface area contributed by atoms with Gasteiger partial charge < -0.3 is 11.1 Å². The number of hydrogen-bond donors (Lipinski definition) is 2. The maximum atomic E-state index is 6.87. The van der Waals surface area contributed by atoms with Crippen molar-refractivity contribution >= 4 is 6.21 Å². The minimum Gasteiger partial charge on any atom is -0.324 e. The number of allylic oxidation sites excluding steroid dienone is 1. The van der Waals surface area contributed by atoms with Crippen LogP contribution in [-0.2, 0) is 0 Å². The van der Waals surface area contributed by atoms with Crippen molar-refractivity contribution in [1.29, 1.82) is 5.41 Å². The molecule has 64 valence electrons. The zero-order chi connectivity index (χ0) is 8.69. The molecule has 11 heavy (non-hydrogen) atoms. The third kappa shape index (κ3) is 4.73. The van der Waals surface area contributed by atoms with Crippen LogP contribution in [0.2, 0.25) is 0 Å². The molecule has 0 saturated heterocycles. The third-order valence-corrected chi connectivity index (χ3v) is 1.71. The van der Waals surface area contributed by atoms with Gasteiger partial charge in [-0.15, -0.1) is 0 Å². The van der Waals surface area contributed by atoms with Crippen molar-refractivity contribution < 1.29 is 0 Å². The molecule has 2 nitrogen and oxygen atoms in total. The lowest BCUT2D eigenvalue weighted by atomic mass is 10.1. The highest BCUT2D eigenvalue weighted by Crippen LogP contribution is 2.03. The molecule has 0 bridgehead atoms. The Morgan fingerprint density at radius 2 is 2.27 bits per heavy atom. The van der Waals surface area contributed by atoms with Crippen LogP contribution in [0.4, 0.5) is 0 Å². The molecule has 0 aromatic heterocycles. The number of unbranched alkanes of at least 4 members (excludes halogenated alkanes) is 1. The molecule has 0 aromatic carbocycles. The summed E-state index contributed by atoms with van der Waals surface area (Å²) < 4.78 is 0. The van der Waals surface area contributed by atoms with Crippen molar-refractivity contribution in [3.05, 3.63) is 11.6 Å². The van der Waals surface area contributed by atoms with Gasteiger partial charge in [0.1, 0.15) is 0 Å². The highest BCUT2D eigenvalue weighted by atomic mass is 14.6. The normalized spacial score (nSPS) is 14.6. The summed E-state index contributed by atoms with van der Waals surface area (Å²) in [4.78, 5) is 0. The average molecular weight is 154 g/mol. The van der Waals surface area contributed by atoms with Gasteiger partial charge in [-0.25, -0.2) is 0 Å². The molecule has 0 saturated carbocycles. The summed E-state index contributed by atoms with van der Waals surface area (Å²) in [6.45, 7) is 4.18. The highest BCUT2D eigenvalue weighted by molar-refractivity contribution is 5.54. The van der Waals surface area contributed by atoms with Gasteiger partial charge in [-0.3, -0.25) is 0 Å². The van der Waals surface area contributed by atoms with Gasteiger partial charge in [-0.1, -0.05) is 25.0 Å². The minimum atomic E-state index is 0.0547. The van der Waals surface area contributed by atoms with Crippen molar-refractivity contribution in [2.24, 2.45) is 5.73 Å². The Balaban J connectivity index is 3.78. The molecule has 0 heterocycles. The monoisotopic (exact) mass is 154 g/mol. The van der Waals surface area contributed by atoms with Gasteiger partial charge in [0.15, 0.2) is 0 Å². The molecule has 2 heteroatoms. The first-order valence-corrected chi connectivity index (χ1v) is 4.13. The van der Waals surface area contributed by atoms with Gasteiger partial charge in [-0.05, 0) is 19.6 Å². The van der Waals surface area contributed by atoms with Crippen molar-refractivity contribution in [1.82, 2.24) is 0 Å². The molecule has 1 atom stereocenters. The van der Waals surface area contributed by atoms with E-state index in [1.807, 2.05) is 6.92 Å². The fraction of sp³-hybridized carbons (Fsp3) is 0.667. The molecule has 0 aromatic rings. The molecule has 3 N–H and O–H groups in total. The Morgan fingerprint density at radius 3 is 2.73 bits per heavy atom. The second-order valence-electron chi connectivity index (χ2n) is 2.78. The molecular weight excluding hydrogens is 136 g/mol. The maximum absolute atomic E-state index is 6.87. The zero-order valence-corrected chi connectivity index (χ0v) is 7.43. The van der Waals surface area contributed by atoms with Gasteiger partial charge >= 0.3 is 0 Å². The van der Waals surface area contributed by atoms with Crippen molar-refractivity contribution in [3.8, 4) is 0 Å². The fourth-order valence-electron chi connectivity index (χ4n) is 0.836. The van der Waals surface area contributed by atoms with E-state index in [4.69, 9.17) is 11.1 Å². The standard InChI is InChI=1S/C9H18N2/c1-3-4-5-8(2)9(11)6-7-10/h5,7,9-10H,3-4,6,11H2,1-2H3/b8-5-,10-7?. The lowest BCUT2D eigenvalue weighted by Crippen LogP contribution is -2.21. The van der Waals surface area contributed by atoms with E-state index in [0.29, 0.717) is 6.42 Å². The van der Waals surface area contributed by atoms with Crippen LogP contribution in [0.25, 0.3) is 0 Å². The first-order chi connectivity index (χ1) is 5.22. The molecular formula is C9H18N2. The quantitative estimate of drug-likeness (QED) is 0.462. The maximum Gasteiger partial charge on any atom is 0.0300 e. The van der Waals surface area contributed by atoms with E-state index in [1.165, 1.54) is 11.8 Å². The van der Waals surface area contributed by atoms with E-state index in [1.54, 1.807) is 0 Å². The largest absolute Gasteiger partial charge is 0.324 e. The summed E-state index contributed by atoms with van der Waals surface area (Å²) in [5.41, 5.74) is 6.95.